The molecule has 1 amide bonds. The van der Waals surface area contributed by atoms with E-state index >= 15 is 0 Å². The van der Waals surface area contributed by atoms with Gasteiger partial charge in [-0.05, 0) is 36.6 Å². The molecule has 0 atom stereocenters. The molecule has 3 aromatic rings. The maximum Gasteiger partial charge on any atom is 0.254 e. The first-order chi connectivity index (χ1) is 11.7. The average molecular weight is 344 g/mol. The Morgan fingerprint density at radius 3 is 2.71 bits per heavy atom. The van der Waals surface area contributed by atoms with Crippen LogP contribution in [0.2, 0.25) is 0 Å². The number of carbonyl (C=O) groups excluding carboxylic acids is 1. The minimum absolute atomic E-state index is 0.223. The summed E-state index contributed by atoms with van der Waals surface area (Å²) in [7, 11) is 1.62. The molecule has 2 heterocycles. The van der Waals surface area contributed by atoms with E-state index in [1.54, 1.807) is 13.2 Å². The van der Waals surface area contributed by atoms with E-state index in [2.05, 4.69) is 15.5 Å². The second-order valence-electron chi connectivity index (χ2n) is 4.83. The summed E-state index contributed by atoms with van der Waals surface area (Å²) in [6, 6.07) is 9.18. The maximum atomic E-state index is 12.0. The number of benzene rings is 1. The third kappa shape index (κ3) is 3.28. The van der Waals surface area contributed by atoms with Gasteiger partial charge in [-0.2, -0.15) is 0 Å². The van der Waals surface area contributed by atoms with Crippen LogP contribution < -0.4 is 10.1 Å². The van der Waals surface area contributed by atoms with Crippen LogP contribution in [-0.2, 0) is 6.54 Å². The van der Waals surface area contributed by atoms with Crippen molar-refractivity contribution in [3.63, 3.8) is 0 Å². The Kier molecular flexibility index (Phi) is 4.85. The Morgan fingerprint density at radius 2 is 2.08 bits per heavy atom. The highest BCUT2D eigenvalue weighted by Gasteiger charge is 2.15. The van der Waals surface area contributed by atoms with Crippen molar-refractivity contribution in [2.24, 2.45) is 0 Å². The van der Waals surface area contributed by atoms with Gasteiger partial charge >= 0.3 is 0 Å². The zero-order valence-corrected chi connectivity index (χ0v) is 14.0. The van der Waals surface area contributed by atoms with Gasteiger partial charge in [0, 0.05) is 5.69 Å². The monoisotopic (exact) mass is 344 g/mol. The second kappa shape index (κ2) is 7.22. The zero-order valence-electron chi connectivity index (χ0n) is 13.2. The van der Waals surface area contributed by atoms with Gasteiger partial charge in [0.15, 0.2) is 11.0 Å². The molecule has 0 spiro atoms. The van der Waals surface area contributed by atoms with Gasteiger partial charge in [0.2, 0.25) is 0 Å². The molecule has 1 aromatic carbocycles. The number of aromatic nitrogens is 3. The number of nitrogens with zero attached hydrogens (tertiary/aromatic N) is 3. The average Bonchev–Trinajstić information content (AvgIpc) is 3.29. The summed E-state index contributed by atoms with van der Waals surface area (Å²) in [4.78, 5) is 12.0. The van der Waals surface area contributed by atoms with Crippen LogP contribution in [0.1, 0.15) is 16.2 Å². The first-order valence-electron chi connectivity index (χ1n) is 7.16. The molecule has 1 N–H and O–H groups in total. The summed E-state index contributed by atoms with van der Waals surface area (Å²) < 4.78 is 12.0. The number of furan rings is 1. The number of amides is 1. The molecule has 2 aromatic heterocycles. The Balaban J connectivity index is 1.83. The molecular weight excluding hydrogens is 328 g/mol. The number of carbonyl (C=O) groups is 1. The van der Waals surface area contributed by atoms with Crippen molar-refractivity contribution in [2.45, 2.75) is 11.7 Å². The fourth-order valence-electron chi connectivity index (χ4n) is 2.19. The Labute approximate surface area is 143 Å². The SMILES string of the molecule is COc1ccc(-n2c(CNC(=O)c3ccoc3)nnc2SC)cc1. The molecule has 0 aliphatic heterocycles. The molecule has 0 saturated carbocycles. The van der Waals surface area contributed by atoms with Gasteiger partial charge in [-0.1, -0.05) is 11.8 Å². The Bertz CT molecular complexity index is 812. The Morgan fingerprint density at radius 1 is 1.29 bits per heavy atom. The number of hydrogen-bond donors (Lipinski definition) is 1. The molecule has 0 fully saturated rings. The molecule has 0 aliphatic rings. The van der Waals surface area contributed by atoms with Crippen molar-refractivity contribution >= 4 is 17.7 Å². The molecule has 124 valence electrons. The normalized spacial score (nSPS) is 10.6. The van der Waals surface area contributed by atoms with Crippen molar-refractivity contribution in [1.29, 1.82) is 0 Å². The third-order valence-electron chi connectivity index (χ3n) is 3.40. The molecule has 0 unspecified atom stereocenters. The Hall–Kier alpha value is -2.74. The number of nitrogens with one attached hydrogen (secondary N) is 1. The van der Waals surface area contributed by atoms with Gasteiger partial charge in [0.1, 0.15) is 12.0 Å². The first kappa shape index (κ1) is 16.1. The van der Waals surface area contributed by atoms with Crippen LogP contribution in [0.3, 0.4) is 0 Å². The lowest BCUT2D eigenvalue weighted by Gasteiger charge is -2.10. The van der Waals surface area contributed by atoms with Crippen LogP contribution in [0, 0.1) is 0 Å². The van der Waals surface area contributed by atoms with Gasteiger partial charge < -0.3 is 14.5 Å². The molecule has 24 heavy (non-hydrogen) atoms. The number of hydrogen-bond acceptors (Lipinski definition) is 6. The molecule has 0 aliphatic carbocycles. The van der Waals surface area contributed by atoms with E-state index in [4.69, 9.17) is 9.15 Å². The van der Waals surface area contributed by atoms with Crippen LogP contribution in [0.25, 0.3) is 5.69 Å². The highest BCUT2D eigenvalue weighted by atomic mass is 32.2. The summed E-state index contributed by atoms with van der Waals surface area (Å²) in [5, 5.41) is 11.9. The molecule has 7 nitrogen and oxygen atoms in total. The predicted molar refractivity (Wildman–Crippen MR) is 89.6 cm³/mol. The summed E-state index contributed by atoms with van der Waals surface area (Å²) in [6.07, 6.45) is 4.79. The number of ether oxygens (including phenoxy) is 1. The zero-order chi connectivity index (χ0) is 16.9. The topological polar surface area (TPSA) is 82.2 Å². The standard InChI is InChI=1S/C16H16N4O3S/c1-22-13-5-3-12(4-6-13)20-14(18-19-16(20)24-2)9-17-15(21)11-7-8-23-10-11/h3-8,10H,9H2,1-2H3,(H,17,21). The highest BCUT2D eigenvalue weighted by Crippen LogP contribution is 2.22. The highest BCUT2D eigenvalue weighted by molar-refractivity contribution is 7.98. The van der Waals surface area contributed by atoms with E-state index in [9.17, 15) is 4.79 Å². The molecule has 0 radical (unpaired) electrons. The second-order valence-corrected chi connectivity index (χ2v) is 5.60. The molecule has 8 heteroatoms. The van der Waals surface area contributed by atoms with Crippen molar-refractivity contribution < 1.29 is 13.9 Å². The molecule has 3 rings (SSSR count). The van der Waals surface area contributed by atoms with Crippen LogP contribution in [-0.4, -0.2) is 34.0 Å². The van der Waals surface area contributed by atoms with Gasteiger partial charge in [-0.3, -0.25) is 9.36 Å². The molecule has 0 saturated heterocycles. The van der Waals surface area contributed by atoms with Gasteiger partial charge in [-0.25, -0.2) is 0 Å². The lowest BCUT2D eigenvalue weighted by Crippen LogP contribution is -2.24. The van der Waals surface area contributed by atoms with Gasteiger partial charge in [0.25, 0.3) is 5.91 Å². The molecule has 0 bridgehead atoms. The van der Waals surface area contributed by atoms with Gasteiger partial charge in [-0.15, -0.1) is 10.2 Å². The third-order valence-corrected chi connectivity index (χ3v) is 4.03. The maximum absolute atomic E-state index is 12.0. The summed E-state index contributed by atoms with van der Waals surface area (Å²) in [5.41, 5.74) is 1.37. The summed E-state index contributed by atoms with van der Waals surface area (Å²) >= 11 is 1.48. The van der Waals surface area contributed by atoms with E-state index in [0.717, 1.165) is 16.6 Å². The van der Waals surface area contributed by atoms with Crippen LogP contribution in [0.4, 0.5) is 0 Å². The number of methoxy groups -OCH3 is 1. The fourth-order valence-corrected chi connectivity index (χ4v) is 2.71. The van der Waals surface area contributed by atoms with E-state index in [0.29, 0.717) is 11.4 Å². The quantitative estimate of drug-likeness (QED) is 0.692. The van der Waals surface area contributed by atoms with Crippen molar-refractivity contribution in [3.8, 4) is 11.4 Å². The largest absolute Gasteiger partial charge is 0.497 e. The molecular formula is C16H16N4O3S. The van der Waals surface area contributed by atoms with Crippen LogP contribution in [0.5, 0.6) is 5.75 Å². The van der Waals surface area contributed by atoms with Crippen LogP contribution >= 0.6 is 11.8 Å². The van der Waals surface area contributed by atoms with Crippen molar-refractivity contribution in [2.75, 3.05) is 13.4 Å². The minimum Gasteiger partial charge on any atom is -0.497 e. The number of rotatable bonds is 6. The van der Waals surface area contributed by atoms with Gasteiger partial charge in [0.05, 0.1) is 25.5 Å². The predicted octanol–water partition coefficient (Wildman–Crippen LogP) is 2.52. The number of thioether (sulfide) groups is 1. The fraction of sp³-hybridized carbons (Fsp3) is 0.188. The van der Waals surface area contributed by atoms with E-state index in [1.807, 2.05) is 35.1 Å². The van der Waals surface area contributed by atoms with Crippen LogP contribution in [0.15, 0.2) is 52.4 Å². The van der Waals surface area contributed by atoms with E-state index < -0.39 is 0 Å². The summed E-state index contributed by atoms with van der Waals surface area (Å²) in [5.74, 6) is 1.19. The lowest BCUT2D eigenvalue weighted by molar-refractivity contribution is 0.0949. The lowest BCUT2D eigenvalue weighted by atomic mass is 10.3. The van der Waals surface area contributed by atoms with E-state index in [-0.39, 0.29) is 12.5 Å². The minimum atomic E-state index is -0.223. The van der Waals surface area contributed by atoms with Crippen molar-refractivity contribution in [1.82, 2.24) is 20.1 Å². The van der Waals surface area contributed by atoms with E-state index in [1.165, 1.54) is 24.3 Å². The smallest absolute Gasteiger partial charge is 0.254 e. The van der Waals surface area contributed by atoms with Crippen molar-refractivity contribution in [3.05, 3.63) is 54.2 Å². The summed E-state index contributed by atoms with van der Waals surface area (Å²) in [6.45, 7) is 0.254. The first-order valence-corrected chi connectivity index (χ1v) is 8.38.